The van der Waals surface area contributed by atoms with E-state index in [0.717, 1.165) is 10.8 Å². The molecular formula is C26H30Cl2F2SiZr. The number of halogens is 4. The summed E-state index contributed by atoms with van der Waals surface area (Å²) >= 11 is 1.74. The molecule has 0 radical (unpaired) electrons. The van der Waals surface area contributed by atoms with Gasteiger partial charge in [0.2, 0.25) is 0 Å². The van der Waals surface area contributed by atoms with Gasteiger partial charge in [-0.2, -0.15) is 11.1 Å². The number of rotatable bonds is 1. The van der Waals surface area contributed by atoms with Crippen molar-refractivity contribution in [3.8, 4) is 11.1 Å². The van der Waals surface area contributed by atoms with Gasteiger partial charge in [-0.25, -0.2) is 14.4 Å². The van der Waals surface area contributed by atoms with Gasteiger partial charge in [0, 0.05) is 5.56 Å². The smallest absolute Gasteiger partial charge is 0.123 e. The van der Waals surface area contributed by atoms with Crippen LogP contribution in [-0.2, 0) is 23.3 Å². The third-order valence-electron chi connectivity index (χ3n) is 5.15. The fraction of sp³-hybridized carbons (Fsp3) is 0.269. The predicted octanol–water partition coefficient (Wildman–Crippen LogP) is 8.85. The van der Waals surface area contributed by atoms with Gasteiger partial charge in [0.05, 0.1) is 0 Å². The fourth-order valence-electron chi connectivity index (χ4n) is 3.29. The molecular weight excluding hydrogens is 540 g/mol. The molecule has 0 saturated carbocycles. The van der Waals surface area contributed by atoms with Crippen molar-refractivity contribution in [3.63, 3.8) is 0 Å². The van der Waals surface area contributed by atoms with Crippen LogP contribution in [0, 0.1) is 23.6 Å². The molecule has 0 heterocycles. The topological polar surface area (TPSA) is 0 Å². The summed E-state index contributed by atoms with van der Waals surface area (Å²) in [5, 5.41) is 1.86. The Labute approximate surface area is 218 Å². The van der Waals surface area contributed by atoms with Gasteiger partial charge in [-0.05, 0) is 12.1 Å². The van der Waals surface area contributed by atoms with Gasteiger partial charge in [0.25, 0.3) is 0 Å². The van der Waals surface area contributed by atoms with Crippen LogP contribution in [0.5, 0.6) is 0 Å². The molecule has 0 fully saturated rings. The molecule has 0 aliphatic heterocycles. The molecule has 0 spiro atoms. The zero-order chi connectivity index (χ0) is 22.4. The molecule has 1 unspecified atom stereocenters. The third-order valence-corrected chi connectivity index (χ3v) is 5.15. The second-order valence-corrected chi connectivity index (χ2v) is 17.1. The van der Waals surface area contributed by atoms with Crippen molar-refractivity contribution in [1.29, 1.82) is 0 Å². The first-order valence-electron chi connectivity index (χ1n) is 10.0. The van der Waals surface area contributed by atoms with E-state index in [2.05, 4.69) is 46.9 Å². The summed E-state index contributed by atoms with van der Waals surface area (Å²) in [6.07, 6.45) is 3.36. The van der Waals surface area contributed by atoms with Gasteiger partial charge in [0.1, 0.15) is 11.6 Å². The maximum atomic E-state index is 13.7. The van der Waals surface area contributed by atoms with Gasteiger partial charge in [0.15, 0.2) is 0 Å². The van der Waals surface area contributed by atoms with E-state index in [-0.39, 0.29) is 35.8 Å². The summed E-state index contributed by atoms with van der Waals surface area (Å²) in [7, 11) is 0. The van der Waals surface area contributed by atoms with Crippen molar-refractivity contribution in [2.45, 2.75) is 40.8 Å². The van der Waals surface area contributed by atoms with Crippen molar-refractivity contribution in [3.05, 3.63) is 89.0 Å². The number of allylic oxidation sites excluding steroid dienone is 4. The minimum absolute atomic E-state index is 0. The van der Waals surface area contributed by atoms with Crippen LogP contribution in [0.25, 0.3) is 21.9 Å². The summed E-state index contributed by atoms with van der Waals surface area (Å²) < 4.78 is 27.4. The summed E-state index contributed by atoms with van der Waals surface area (Å²) in [4.78, 5) is 0. The molecule has 170 valence electrons. The van der Waals surface area contributed by atoms with Crippen molar-refractivity contribution in [1.82, 2.24) is 0 Å². The van der Waals surface area contributed by atoms with Crippen LogP contribution >= 0.6 is 24.8 Å². The number of hydrogen-bond donors (Lipinski definition) is 0. The van der Waals surface area contributed by atoms with Crippen LogP contribution in [0.15, 0.2) is 71.3 Å². The second-order valence-electron chi connectivity index (χ2n) is 7.73. The summed E-state index contributed by atoms with van der Waals surface area (Å²) in [5.74, 6) is -0.493. The molecule has 0 bridgehead atoms. The van der Waals surface area contributed by atoms with E-state index >= 15 is 0 Å². The number of benzene rings is 2. The quantitative estimate of drug-likeness (QED) is 0.203. The van der Waals surface area contributed by atoms with Crippen LogP contribution in [0.1, 0.15) is 27.7 Å². The first kappa shape index (κ1) is 31.1. The van der Waals surface area contributed by atoms with Crippen LogP contribution in [0.3, 0.4) is 0 Å². The third kappa shape index (κ3) is 8.13. The summed E-state index contributed by atoms with van der Waals surface area (Å²) in [6.45, 7) is 13.3. The Morgan fingerprint density at radius 3 is 1.91 bits per heavy atom. The standard InChI is InChI=1S/C15H9F2.C9H13.C2H6Si.2ClH.Zr/c16-13-6-3-7-14(17)15(13)12-9-8-10-4-1-2-5-11(10)12;1-6-5-7(2)9(4)8(6)3;1-3-2;;;/h1-9H;6H,1-4H3;1-2H3;2*1H;/q2*-1;;;;+2. The summed E-state index contributed by atoms with van der Waals surface area (Å²) in [6, 6.07) is 15.1. The minimum Gasteiger partial charge on any atom is -0.207 e. The maximum Gasteiger partial charge on any atom is 0.123 e. The molecule has 32 heavy (non-hydrogen) atoms. The van der Waals surface area contributed by atoms with Crippen LogP contribution in [-0.4, -0.2) is 5.43 Å². The van der Waals surface area contributed by atoms with Crippen molar-refractivity contribution >= 4 is 41.0 Å². The van der Waals surface area contributed by atoms with Crippen LogP contribution in [0.2, 0.25) is 13.1 Å². The molecule has 1 atom stereocenters. The normalized spacial score (nSPS) is 14.3. The van der Waals surface area contributed by atoms with Gasteiger partial charge in [-0.1, -0.05) is 38.8 Å². The Hall–Kier alpha value is -0.930. The Kier molecular flexibility index (Phi) is 13.9. The monoisotopic (exact) mass is 568 g/mol. The second kappa shape index (κ2) is 14.4. The molecule has 6 heteroatoms. The molecule has 1 aliphatic carbocycles. The van der Waals surface area contributed by atoms with E-state index < -0.39 is 11.6 Å². The van der Waals surface area contributed by atoms with Crippen LogP contribution < -0.4 is 0 Å². The molecule has 0 N–H and O–H groups in total. The largest absolute Gasteiger partial charge is 0.207 e. The zero-order valence-corrected chi connectivity index (χ0v) is 24.4. The van der Waals surface area contributed by atoms with E-state index in [4.69, 9.17) is 0 Å². The molecule has 0 nitrogen and oxygen atoms in total. The number of fused-ring (bicyclic) bond motifs is 1. The average molecular weight is 571 g/mol. The van der Waals surface area contributed by atoms with E-state index in [9.17, 15) is 8.78 Å². The first-order chi connectivity index (χ1) is 14.1. The van der Waals surface area contributed by atoms with E-state index in [1.165, 1.54) is 34.9 Å². The van der Waals surface area contributed by atoms with Gasteiger partial charge >= 0.3 is 41.9 Å². The average Bonchev–Trinajstić information content (AvgIpc) is 3.19. The van der Waals surface area contributed by atoms with Gasteiger partial charge < -0.3 is 0 Å². The molecule has 4 rings (SSSR count). The van der Waals surface area contributed by atoms with Crippen molar-refractivity contribution in [2.24, 2.45) is 5.92 Å². The Morgan fingerprint density at radius 1 is 0.938 bits per heavy atom. The van der Waals surface area contributed by atoms with Crippen LogP contribution in [0.4, 0.5) is 8.78 Å². The Balaban J connectivity index is 0.000000547. The maximum absolute atomic E-state index is 13.7. The molecule has 3 aromatic rings. The van der Waals surface area contributed by atoms with Gasteiger partial charge in [-0.15, -0.1) is 78.4 Å². The Bertz CT molecular complexity index is 1090. The zero-order valence-electron chi connectivity index (χ0n) is 19.3. The number of hydrogen-bond acceptors (Lipinski definition) is 0. The molecule has 1 aliphatic rings. The minimum atomic E-state index is -0.527. The summed E-state index contributed by atoms with van der Waals surface area (Å²) in [5.41, 5.74) is 5.11. The molecule has 0 aromatic heterocycles. The molecule has 3 aromatic carbocycles. The van der Waals surface area contributed by atoms with E-state index in [1.54, 1.807) is 29.4 Å². The van der Waals surface area contributed by atoms with E-state index in [1.807, 2.05) is 30.3 Å². The first-order valence-corrected chi connectivity index (χ1v) is 16.2. The molecule has 0 amide bonds. The predicted molar refractivity (Wildman–Crippen MR) is 137 cm³/mol. The van der Waals surface area contributed by atoms with Crippen molar-refractivity contribution < 1.29 is 32.1 Å². The Morgan fingerprint density at radius 2 is 1.47 bits per heavy atom. The molecule has 0 saturated heterocycles. The SMILES string of the molecule is CC1=[C-]C(C)C(C)=C1C.C[Si](C)=[Zr+2].Cl.Cl.Fc1cccc(F)c1-c1c[cH-]c2ccccc12. The van der Waals surface area contributed by atoms with Crippen molar-refractivity contribution in [2.75, 3.05) is 0 Å². The van der Waals surface area contributed by atoms with Gasteiger partial charge in [-0.3, -0.25) is 6.08 Å². The van der Waals surface area contributed by atoms with E-state index in [0.29, 0.717) is 11.5 Å². The fourth-order valence-corrected chi connectivity index (χ4v) is 3.29.